The number of rotatable bonds is 3. The van der Waals surface area contributed by atoms with E-state index in [1.807, 2.05) is 0 Å². The van der Waals surface area contributed by atoms with Gasteiger partial charge in [-0.25, -0.2) is 0 Å². The largest absolute Gasteiger partial charge is 0.469 e. The molecule has 104 valence electrons. The molecule has 3 aliphatic rings. The smallest absolute Gasteiger partial charge is 0.311 e. The average Bonchev–Trinajstić information content (AvgIpc) is 2.38. The number of aliphatic hydroxyl groups is 1. The number of ether oxygens (including phenoxy) is 1. The maximum atomic E-state index is 11.8. The van der Waals surface area contributed by atoms with Gasteiger partial charge >= 0.3 is 5.97 Å². The Labute approximate surface area is 106 Å². The van der Waals surface area contributed by atoms with Crippen LogP contribution in [0.15, 0.2) is 0 Å². The van der Waals surface area contributed by atoms with E-state index < -0.39 is 26.4 Å². The molecular formula is C11H18O6S. The van der Waals surface area contributed by atoms with Crippen molar-refractivity contribution in [1.29, 1.82) is 0 Å². The highest BCUT2D eigenvalue weighted by atomic mass is 32.2. The van der Waals surface area contributed by atoms with Crippen LogP contribution in [0.4, 0.5) is 0 Å². The zero-order chi connectivity index (χ0) is 13.6. The molecule has 3 fully saturated rings. The highest BCUT2D eigenvalue weighted by Crippen LogP contribution is 2.59. The molecular weight excluding hydrogens is 260 g/mol. The molecule has 0 aromatic rings. The lowest BCUT2D eigenvalue weighted by Gasteiger charge is -2.52. The second-order valence-electron chi connectivity index (χ2n) is 5.50. The number of hydrogen-bond donors (Lipinski definition) is 2. The summed E-state index contributed by atoms with van der Waals surface area (Å²) in [6.07, 6.45) is 2.78. The van der Waals surface area contributed by atoms with Crippen molar-refractivity contribution in [2.75, 3.05) is 7.11 Å². The lowest BCUT2D eigenvalue weighted by atomic mass is 9.54. The van der Waals surface area contributed by atoms with Crippen LogP contribution in [0.5, 0.6) is 0 Å². The fraction of sp³-hybridized carbons (Fsp3) is 0.909. The Morgan fingerprint density at radius 1 is 1.17 bits per heavy atom. The zero-order valence-electron chi connectivity index (χ0n) is 10.3. The Morgan fingerprint density at radius 3 is 1.94 bits per heavy atom. The van der Waals surface area contributed by atoms with Crippen molar-refractivity contribution < 1.29 is 27.6 Å². The molecule has 1 atom stereocenters. The summed E-state index contributed by atoms with van der Waals surface area (Å²) in [7, 11) is -3.11. The number of carbonyl (C=O) groups is 1. The molecule has 0 aromatic carbocycles. The van der Waals surface area contributed by atoms with Crippen molar-refractivity contribution in [2.24, 2.45) is 10.8 Å². The topological polar surface area (TPSA) is 101 Å². The number of fused-ring (bicyclic) bond motifs is 3. The number of carbonyl (C=O) groups excluding carboxylic acids is 1. The van der Waals surface area contributed by atoms with Gasteiger partial charge in [0.2, 0.25) is 0 Å². The average molecular weight is 278 g/mol. The Morgan fingerprint density at radius 2 is 1.61 bits per heavy atom. The summed E-state index contributed by atoms with van der Waals surface area (Å²) in [5.41, 5.74) is -3.07. The molecule has 18 heavy (non-hydrogen) atoms. The summed E-state index contributed by atoms with van der Waals surface area (Å²) in [4.78, 5) is 11.8. The molecule has 0 saturated heterocycles. The Kier molecular flexibility index (Phi) is 3.19. The summed E-state index contributed by atoms with van der Waals surface area (Å²) < 4.78 is 36.0. The van der Waals surface area contributed by atoms with E-state index in [1.165, 1.54) is 7.11 Å². The van der Waals surface area contributed by atoms with Crippen molar-refractivity contribution in [3.63, 3.8) is 0 Å². The summed E-state index contributed by atoms with van der Waals surface area (Å²) in [5.74, 6) is -0.253. The normalized spacial score (nSPS) is 37.3. The summed E-state index contributed by atoms with van der Waals surface area (Å²) >= 11 is 0. The lowest BCUT2D eigenvalue weighted by Crippen LogP contribution is -2.52. The lowest BCUT2D eigenvalue weighted by molar-refractivity contribution is -0.165. The van der Waals surface area contributed by atoms with Gasteiger partial charge < -0.3 is 9.84 Å². The highest BCUT2D eigenvalue weighted by Gasteiger charge is 2.57. The first kappa shape index (κ1) is 13.8. The second kappa shape index (κ2) is 4.18. The fourth-order valence-corrected chi connectivity index (χ4v) is 4.41. The van der Waals surface area contributed by atoms with Gasteiger partial charge in [0, 0.05) is 5.41 Å². The maximum Gasteiger partial charge on any atom is 0.311 e. The first-order chi connectivity index (χ1) is 8.26. The SMILES string of the molecule is COC(=O)C12CCC([C@@H](O)S(=O)(=O)O)(CC1)CC2. The first-order valence-corrected chi connectivity index (χ1v) is 7.49. The Balaban J connectivity index is 2.20. The van der Waals surface area contributed by atoms with Crippen LogP contribution in [-0.4, -0.2) is 36.6 Å². The summed E-state index contributed by atoms with van der Waals surface area (Å²) in [6.45, 7) is 0. The van der Waals surface area contributed by atoms with Crippen molar-refractivity contribution >= 4 is 16.1 Å². The minimum Gasteiger partial charge on any atom is -0.469 e. The molecule has 0 heterocycles. The number of esters is 1. The Hall–Kier alpha value is -0.660. The number of methoxy groups -OCH3 is 1. The van der Waals surface area contributed by atoms with Crippen LogP contribution in [0.2, 0.25) is 0 Å². The van der Waals surface area contributed by atoms with Gasteiger partial charge in [-0.2, -0.15) is 8.42 Å². The van der Waals surface area contributed by atoms with Gasteiger partial charge in [-0.3, -0.25) is 9.35 Å². The van der Waals surface area contributed by atoms with E-state index >= 15 is 0 Å². The monoisotopic (exact) mass is 278 g/mol. The van der Waals surface area contributed by atoms with Crippen LogP contribution in [-0.2, 0) is 19.6 Å². The minimum absolute atomic E-state index is 0.253. The molecule has 6 nitrogen and oxygen atoms in total. The van der Waals surface area contributed by atoms with Crippen molar-refractivity contribution in [1.82, 2.24) is 0 Å². The molecule has 0 unspecified atom stereocenters. The van der Waals surface area contributed by atoms with Gasteiger partial charge in [0.15, 0.2) is 5.44 Å². The van der Waals surface area contributed by atoms with Crippen molar-refractivity contribution in [3.8, 4) is 0 Å². The van der Waals surface area contributed by atoms with Crippen LogP contribution in [0, 0.1) is 10.8 Å². The number of aliphatic hydroxyl groups excluding tert-OH is 1. The van der Waals surface area contributed by atoms with Crippen LogP contribution in [0.25, 0.3) is 0 Å². The van der Waals surface area contributed by atoms with Gasteiger partial charge in [0.05, 0.1) is 12.5 Å². The maximum absolute atomic E-state index is 11.8. The molecule has 0 aliphatic heterocycles. The van der Waals surface area contributed by atoms with Gasteiger partial charge in [0.1, 0.15) is 0 Å². The fourth-order valence-electron chi connectivity index (χ4n) is 3.42. The van der Waals surface area contributed by atoms with E-state index in [2.05, 4.69) is 0 Å². The summed E-state index contributed by atoms with van der Waals surface area (Å²) in [5, 5.41) is 9.81. The third kappa shape index (κ3) is 1.94. The van der Waals surface area contributed by atoms with Gasteiger partial charge in [0.25, 0.3) is 10.1 Å². The first-order valence-electron chi connectivity index (χ1n) is 5.99. The molecule has 3 aliphatic carbocycles. The molecule has 0 aromatic heterocycles. The summed E-state index contributed by atoms with van der Waals surface area (Å²) in [6, 6.07) is 0. The predicted octanol–water partition coefficient (Wildman–Crippen LogP) is 0.706. The van der Waals surface area contributed by atoms with Crippen LogP contribution < -0.4 is 0 Å². The minimum atomic E-state index is -4.45. The molecule has 0 radical (unpaired) electrons. The van der Waals surface area contributed by atoms with Crippen molar-refractivity contribution in [3.05, 3.63) is 0 Å². The van der Waals surface area contributed by atoms with Gasteiger partial charge in [-0.1, -0.05) is 0 Å². The zero-order valence-corrected chi connectivity index (χ0v) is 11.1. The predicted molar refractivity (Wildman–Crippen MR) is 62.1 cm³/mol. The molecule has 3 rings (SSSR count). The van der Waals surface area contributed by atoms with Gasteiger partial charge in [-0.15, -0.1) is 0 Å². The van der Waals surface area contributed by atoms with E-state index in [-0.39, 0.29) is 5.97 Å². The van der Waals surface area contributed by atoms with Crippen molar-refractivity contribution in [2.45, 2.75) is 44.0 Å². The molecule has 7 heteroatoms. The Bertz CT molecular complexity index is 430. The van der Waals surface area contributed by atoms with Crippen LogP contribution >= 0.6 is 0 Å². The molecule has 2 N–H and O–H groups in total. The van der Waals surface area contributed by atoms with E-state index in [0.29, 0.717) is 38.5 Å². The van der Waals surface area contributed by atoms with E-state index in [4.69, 9.17) is 9.29 Å². The molecule has 0 amide bonds. The highest BCUT2D eigenvalue weighted by molar-refractivity contribution is 7.86. The van der Waals surface area contributed by atoms with Gasteiger partial charge in [-0.05, 0) is 38.5 Å². The van der Waals surface area contributed by atoms with Crippen LogP contribution in [0.3, 0.4) is 0 Å². The standard InChI is InChI=1S/C11H18O6S/c1-17-8(12)10-2-5-11(6-3-10,7-4-10)9(13)18(14,15)16/h9,13H,2-7H2,1H3,(H,14,15,16)/t9-,10?,11?/m0/s1. The van der Waals surface area contributed by atoms with E-state index in [1.54, 1.807) is 0 Å². The van der Waals surface area contributed by atoms with E-state index in [9.17, 15) is 18.3 Å². The molecule has 0 spiro atoms. The molecule has 3 saturated carbocycles. The quantitative estimate of drug-likeness (QED) is 0.582. The molecule has 2 bridgehead atoms. The number of hydrogen-bond acceptors (Lipinski definition) is 5. The van der Waals surface area contributed by atoms with E-state index in [0.717, 1.165) is 0 Å². The third-order valence-electron chi connectivity index (χ3n) is 4.73. The van der Waals surface area contributed by atoms with Crippen LogP contribution in [0.1, 0.15) is 38.5 Å². The second-order valence-corrected chi connectivity index (χ2v) is 6.98. The third-order valence-corrected chi connectivity index (χ3v) is 5.79.